The predicted molar refractivity (Wildman–Crippen MR) is 60.8 cm³/mol. The quantitative estimate of drug-likeness (QED) is 0.485. The van der Waals surface area contributed by atoms with Gasteiger partial charge in [-0.2, -0.15) is 0 Å². The van der Waals surface area contributed by atoms with Gasteiger partial charge in [0.25, 0.3) is 5.69 Å². The van der Waals surface area contributed by atoms with E-state index < -0.39 is 22.8 Å². The number of ether oxygens (including phenoxy) is 1. The van der Waals surface area contributed by atoms with Gasteiger partial charge in [-0.1, -0.05) is 0 Å². The molecule has 0 aliphatic rings. The van der Waals surface area contributed by atoms with E-state index in [1.807, 2.05) is 0 Å². The molecular formula is C11H11NO6. The highest BCUT2D eigenvalue weighted by Gasteiger charge is 2.19. The summed E-state index contributed by atoms with van der Waals surface area (Å²) in [5.41, 5.74) is -0.271. The summed E-state index contributed by atoms with van der Waals surface area (Å²) in [4.78, 5) is 31.9. The first-order valence-electron chi connectivity index (χ1n) is 5.01. The van der Waals surface area contributed by atoms with Gasteiger partial charge >= 0.3 is 5.97 Å². The molecule has 0 aliphatic carbocycles. The summed E-state index contributed by atoms with van der Waals surface area (Å²) < 4.78 is 5.06. The molecule has 7 heteroatoms. The molecule has 0 saturated carbocycles. The minimum absolute atomic E-state index is 0.0164. The minimum atomic E-state index is -1.19. The zero-order valence-electron chi connectivity index (χ0n) is 9.75. The Hall–Kier alpha value is -2.44. The number of hydrogen-bond acceptors (Lipinski definition) is 5. The standard InChI is InChI=1S/C11H11NO6/c1-6(13)9-5-8(12(16)17)3-4-10(9)18-7(2)11(14)15/h3-5,7H,1-2H3,(H,14,15). The maximum atomic E-state index is 11.3. The first kappa shape index (κ1) is 13.6. The van der Waals surface area contributed by atoms with Crippen LogP contribution in [0, 0.1) is 10.1 Å². The molecule has 0 aliphatic heterocycles. The van der Waals surface area contributed by atoms with Crippen LogP contribution in [0.15, 0.2) is 18.2 Å². The smallest absolute Gasteiger partial charge is 0.344 e. The van der Waals surface area contributed by atoms with Crippen LogP contribution >= 0.6 is 0 Å². The summed E-state index contributed by atoms with van der Waals surface area (Å²) in [7, 11) is 0. The summed E-state index contributed by atoms with van der Waals surface area (Å²) in [5, 5.41) is 19.3. The van der Waals surface area contributed by atoms with Crippen molar-refractivity contribution in [1.82, 2.24) is 0 Å². The number of non-ortho nitro benzene ring substituents is 1. The molecule has 1 rings (SSSR count). The fraction of sp³-hybridized carbons (Fsp3) is 0.273. The summed E-state index contributed by atoms with van der Waals surface area (Å²) in [6.07, 6.45) is -1.15. The summed E-state index contributed by atoms with van der Waals surface area (Å²) in [5.74, 6) is -1.61. The van der Waals surface area contributed by atoms with Gasteiger partial charge in [0.15, 0.2) is 11.9 Å². The second-order valence-corrected chi connectivity index (χ2v) is 3.59. The Morgan fingerprint density at radius 3 is 2.50 bits per heavy atom. The molecule has 96 valence electrons. The van der Waals surface area contributed by atoms with Gasteiger partial charge in [0, 0.05) is 12.1 Å². The number of carbonyl (C=O) groups excluding carboxylic acids is 1. The van der Waals surface area contributed by atoms with E-state index in [1.54, 1.807) is 0 Å². The normalized spacial score (nSPS) is 11.7. The minimum Gasteiger partial charge on any atom is -0.479 e. The summed E-state index contributed by atoms with van der Waals surface area (Å²) in [6, 6.07) is 3.43. The van der Waals surface area contributed by atoms with Crippen molar-refractivity contribution in [3.05, 3.63) is 33.9 Å². The van der Waals surface area contributed by atoms with Crippen LogP contribution in [0.1, 0.15) is 24.2 Å². The van der Waals surface area contributed by atoms with Crippen molar-refractivity contribution in [2.24, 2.45) is 0 Å². The topological polar surface area (TPSA) is 107 Å². The third-order valence-electron chi connectivity index (χ3n) is 2.20. The number of benzene rings is 1. The lowest BCUT2D eigenvalue weighted by Gasteiger charge is -2.12. The Balaban J connectivity index is 3.16. The van der Waals surface area contributed by atoms with Crippen molar-refractivity contribution >= 4 is 17.4 Å². The highest BCUT2D eigenvalue weighted by Crippen LogP contribution is 2.25. The second-order valence-electron chi connectivity index (χ2n) is 3.59. The number of Topliss-reactive ketones (excluding diaryl/α,β-unsaturated/α-hetero) is 1. The number of nitro benzene ring substituents is 1. The van der Waals surface area contributed by atoms with Gasteiger partial charge in [0.05, 0.1) is 10.5 Å². The fourth-order valence-corrected chi connectivity index (χ4v) is 1.25. The number of rotatable bonds is 5. The molecule has 1 N–H and O–H groups in total. The van der Waals surface area contributed by atoms with E-state index in [2.05, 4.69) is 0 Å². The average Bonchev–Trinajstić information content (AvgIpc) is 2.28. The van der Waals surface area contributed by atoms with Crippen LogP contribution in [0.5, 0.6) is 5.75 Å². The SMILES string of the molecule is CC(=O)c1cc([N+](=O)[O-])ccc1OC(C)C(=O)O. The first-order valence-corrected chi connectivity index (χ1v) is 5.01. The molecule has 0 amide bonds. The van der Waals surface area contributed by atoms with E-state index in [-0.39, 0.29) is 17.0 Å². The average molecular weight is 253 g/mol. The number of aliphatic carboxylic acids is 1. The summed E-state index contributed by atoms with van der Waals surface area (Å²) in [6.45, 7) is 2.52. The monoisotopic (exact) mass is 253 g/mol. The zero-order valence-corrected chi connectivity index (χ0v) is 9.75. The Morgan fingerprint density at radius 1 is 1.44 bits per heavy atom. The third-order valence-corrected chi connectivity index (χ3v) is 2.20. The molecule has 18 heavy (non-hydrogen) atoms. The lowest BCUT2D eigenvalue weighted by Crippen LogP contribution is -2.23. The number of nitrogens with zero attached hydrogens (tertiary/aromatic N) is 1. The molecule has 1 aromatic rings. The first-order chi connectivity index (χ1) is 8.32. The Bertz CT molecular complexity index is 510. The van der Waals surface area contributed by atoms with Crippen LogP contribution in [0.3, 0.4) is 0 Å². The molecule has 0 bridgehead atoms. The second kappa shape index (κ2) is 5.26. The lowest BCUT2D eigenvalue weighted by atomic mass is 10.1. The molecule has 0 heterocycles. The van der Waals surface area contributed by atoms with Gasteiger partial charge in [-0.15, -0.1) is 0 Å². The van der Waals surface area contributed by atoms with Crippen LogP contribution in [-0.2, 0) is 4.79 Å². The molecule has 0 spiro atoms. The van der Waals surface area contributed by atoms with Gasteiger partial charge in [0.2, 0.25) is 0 Å². The largest absolute Gasteiger partial charge is 0.479 e. The zero-order chi connectivity index (χ0) is 13.9. The van der Waals surface area contributed by atoms with Gasteiger partial charge in [-0.3, -0.25) is 14.9 Å². The highest BCUT2D eigenvalue weighted by molar-refractivity contribution is 5.97. The van der Waals surface area contributed by atoms with E-state index in [1.165, 1.54) is 19.9 Å². The molecule has 1 aromatic carbocycles. The van der Waals surface area contributed by atoms with Crippen LogP contribution in [0.2, 0.25) is 0 Å². The molecule has 0 saturated heterocycles. The Labute approximate surface area is 102 Å². The van der Waals surface area contributed by atoms with E-state index in [9.17, 15) is 19.7 Å². The van der Waals surface area contributed by atoms with Crippen LogP contribution in [0.25, 0.3) is 0 Å². The van der Waals surface area contributed by atoms with E-state index in [4.69, 9.17) is 9.84 Å². The molecule has 0 radical (unpaired) electrons. The Kier molecular flexibility index (Phi) is 3.98. The van der Waals surface area contributed by atoms with Crippen molar-refractivity contribution in [1.29, 1.82) is 0 Å². The van der Waals surface area contributed by atoms with Gasteiger partial charge in [-0.25, -0.2) is 4.79 Å². The molecule has 1 atom stereocenters. The number of carbonyl (C=O) groups is 2. The fourth-order valence-electron chi connectivity index (χ4n) is 1.25. The van der Waals surface area contributed by atoms with Crippen molar-refractivity contribution in [2.75, 3.05) is 0 Å². The summed E-state index contributed by atoms with van der Waals surface area (Å²) >= 11 is 0. The van der Waals surface area contributed by atoms with Gasteiger partial charge in [-0.05, 0) is 19.9 Å². The van der Waals surface area contributed by atoms with E-state index >= 15 is 0 Å². The third kappa shape index (κ3) is 3.03. The van der Waals surface area contributed by atoms with Crippen molar-refractivity contribution in [3.8, 4) is 5.75 Å². The van der Waals surface area contributed by atoms with Crippen LogP contribution in [-0.4, -0.2) is 27.9 Å². The molecule has 1 unspecified atom stereocenters. The number of carboxylic acids is 1. The molecule has 0 aromatic heterocycles. The number of carboxylic acid groups (broad SMARTS) is 1. The Morgan fingerprint density at radius 2 is 2.06 bits per heavy atom. The number of nitro groups is 1. The van der Waals surface area contributed by atoms with Crippen molar-refractivity contribution < 1.29 is 24.4 Å². The number of hydrogen-bond donors (Lipinski definition) is 1. The molecular weight excluding hydrogens is 242 g/mol. The van der Waals surface area contributed by atoms with Crippen molar-refractivity contribution in [3.63, 3.8) is 0 Å². The van der Waals surface area contributed by atoms with Gasteiger partial charge < -0.3 is 9.84 Å². The van der Waals surface area contributed by atoms with E-state index in [0.717, 1.165) is 12.1 Å². The predicted octanol–water partition coefficient (Wildman–Crippen LogP) is 1.65. The number of ketones is 1. The van der Waals surface area contributed by atoms with Gasteiger partial charge in [0.1, 0.15) is 5.75 Å². The van der Waals surface area contributed by atoms with Crippen LogP contribution < -0.4 is 4.74 Å². The van der Waals surface area contributed by atoms with E-state index in [0.29, 0.717) is 0 Å². The maximum Gasteiger partial charge on any atom is 0.344 e. The maximum absolute atomic E-state index is 11.3. The van der Waals surface area contributed by atoms with Crippen molar-refractivity contribution in [2.45, 2.75) is 20.0 Å². The molecule has 0 fully saturated rings. The van der Waals surface area contributed by atoms with Crippen LogP contribution in [0.4, 0.5) is 5.69 Å². The lowest BCUT2D eigenvalue weighted by molar-refractivity contribution is -0.384. The highest BCUT2D eigenvalue weighted by atomic mass is 16.6. The molecule has 7 nitrogen and oxygen atoms in total.